The molecule has 0 aliphatic carbocycles. The van der Waals surface area contributed by atoms with Crippen LogP contribution in [0, 0.1) is 12.3 Å². The zero-order valence-electron chi connectivity index (χ0n) is 11.9. The van der Waals surface area contributed by atoms with Gasteiger partial charge in [-0.25, -0.2) is 0 Å². The van der Waals surface area contributed by atoms with Gasteiger partial charge in [0, 0.05) is 38.2 Å². The average Bonchev–Trinajstić information content (AvgIpc) is 2.33. The Morgan fingerprint density at radius 3 is 2.24 bits per heavy atom. The van der Waals surface area contributed by atoms with Crippen LogP contribution in [0.1, 0.15) is 31.9 Å². The Kier molecular flexibility index (Phi) is 13.5. The van der Waals surface area contributed by atoms with Crippen molar-refractivity contribution < 1.29 is 4.74 Å². The Morgan fingerprint density at radius 2 is 1.82 bits per heavy atom. The van der Waals surface area contributed by atoms with Gasteiger partial charge in [0.1, 0.15) is 0 Å². The first-order chi connectivity index (χ1) is 8.19. The molecule has 0 radical (unpaired) electrons. The standard InChI is InChI=1S/C10H14N2.C2H6O.C2H6/c1-3-12-10-6-8(2)4-5-9(10)7-11;1-3-2;1-2/h4-7,11-12H,3H2,1-2H3;1-2H3;1-2H3. The van der Waals surface area contributed by atoms with E-state index in [0.29, 0.717) is 0 Å². The topological polar surface area (TPSA) is 45.1 Å². The molecule has 0 heterocycles. The first-order valence-electron chi connectivity index (χ1n) is 5.94. The maximum atomic E-state index is 7.17. The summed E-state index contributed by atoms with van der Waals surface area (Å²) < 4.78 is 4.25. The second kappa shape index (κ2) is 12.7. The molecular weight excluding hydrogens is 212 g/mol. The van der Waals surface area contributed by atoms with E-state index in [2.05, 4.69) is 30.0 Å². The van der Waals surface area contributed by atoms with Crippen LogP contribution in [0.25, 0.3) is 0 Å². The molecule has 3 heteroatoms. The Labute approximate surface area is 106 Å². The first kappa shape index (κ1) is 18.0. The van der Waals surface area contributed by atoms with Gasteiger partial charge in [-0.2, -0.15) is 0 Å². The second-order valence-corrected chi connectivity index (χ2v) is 3.17. The van der Waals surface area contributed by atoms with Gasteiger partial charge in [-0.1, -0.05) is 26.0 Å². The fourth-order valence-electron chi connectivity index (χ4n) is 1.14. The predicted octanol–water partition coefficient (Wildman–Crippen LogP) is 3.71. The number of benzene rings is 1. The zero-order valence-corrected chi connectivity index (χ0v) is 11.9. The monoisotopic (exact) mass is 238 g/mol. The van der Waals surface area contributed by atoms with Gasteiger partial charge in [0.25, 0.3) is 0 Å². The Bertz CT molecular complexity index is 298. The third-order valence-corrected chi connectivity index (χ3v) is 1.73. The van der Waals surface area contributed by atoms with Crippen molar-refractivity contribution in [1.29, 1.82) is 5.41 Å². The van der Waals surface area contributed by atoms with Crippen LogP contribution in [-0.4, -0.2) is 27.0 Å². The van der Waals surface area contributed by atoms with E-state index in [-0.39, 0.29) is 0 Å². The molecule has 0 aromatic heterocycles. The number of aryl methyl sites for hydroxylation is 1. The third kappa shape index (κ3) is 8.46. The molecule has 3 nitrogen and oxygen atoms in total. The van der Waals surface area contributed by atoms with Crippen LogP contribution in [0.3, 0.4) is 0 Å². The number of anilines is 1. The summed E-state index contributed by atoms with van der Waals surface area (Å²) >= 11 is 0. The number of methoxy groups -OCH3 is 1. The van der Waals surface area contributed by atoms with Gasteiger partial charge in [0.2, 0.25) is 0 Å². The lowest BCUT2D eigenvalue weighted by atomic mass is 10.1. The molecule has 1 aromatic rings. The van der Waals surface area contributed by atoms with Crippen molar-refractivity contribution in [3.05, 3.63) is 29.3 Å². The van der Waals surface area contributed by atoms with Crippen LogP contribution in [-0.2, 0) is 4.74 Å². The van der Waals surface area contributed by atoms with Crippen molar-refractivity contribution in [2.75, 3.05) is 26.1 Å². The van der Waals surface area contributed by atoms with E-state index in [0.717, 1.165) is 17.8 Å². The number of ether oxygens (including phenoxy) is 1. The second-order valence-electron chi connectivity index (χ2n) is 3.17. The molecular formula is C14H26N2O. The molecule has 0 unspecified atom stereocenters. The molecule has 17 heavy (non-hydrogen) atoms. The summed E-state index contributed by atoms with van der Waals surface area (Å²) in [6, 6.07) is 6.03. The first-order valence-corrected chi connectivity index (χ1v) is 5.94. The average molecular weight is 238 g/mol. The van der Waals surface area contributed by atoms with Gasteiger partial charge in [-0.15, -0.1) is 0 Å². The van der Waals surface area contributed by atoms with Crippen LogP contribution in [0.15, 0.2) is 18.2 Å². The lowest BCUT2D eigenvalue weighted by molar-refractivity contribution is 0.277. The van der Waals surface area contributed by atoms with Gasteiger partial charge in [-0.3, -0.25) is 0 Å². The highest BCUT2D eigenvalue weighted by Crippen LogP contribution is 2.14. The molecule has 0 spiro atoms. The minimum atomic E-state index is 0.893. The molecule has 1 rings (SSSR count). The molecule has 0 saturated carbocycles. The molecule has 0 fully saturated rings. The van der Waals surface area contributed by atoms with Crippen LogP contribution in [0.5, 0.6) is 0 Å². The third-order valence-electron chi connectivity index (χ3n) is 1.73. The highest BCUT2D eigenvalue weighted by molar-refractivity contribution is 5.85. The van der Waals surface area contributed by atoms with Crippen molar-refractivity contribution in [3.8, 4) is 0 Å². The number of rotatable bonds is 3. The van der Waals surface area contributed by atoms with Crippen LogP contribution in [0.2, 0.25) is 0 Å². The summed E-state index contributed by atoms with van der Waals surface area (Å²) in [5.41, 5.74) is 3.21. The van der Waals surface area contributed by atoms with E-state index in [1.165, 1.54) is 11.8 Å². The largest absolute Gasteiger partial charge is 0.388 e. The lowest BCUT2D eigenvalue weighted by Gasteiger charge is -2.07. The highest BCUT2D eigenvalue weighted by Gasteiger charge is 1.97. The lowest BCUT2D eigenvalue weighted by Crippen LogP contribution is -2.00. The smallest absolute Gasteiger partial charge is 0.0431 e. The predicted molar refractivity (Wildman–Crippen MR) is 77.5 cm³/mol. The summed E-state index contributed by atoms with van der Waals surface area (Å²) in [6.07, 6.45) is 1.37. The Balaban J connectivity index is 0. The van der Waals surface area contributed by atoms with Crippen molar-refractivity contribution in [2.24, 2.45) is 0 Å². The fraction of sp³-hybridized carbons (Fsp3) is 0.500. The molecule has 0 aliphatic heterocycles. The van der Waals surface area contributed by atoms with E-state index < -0.39 is 0 Å². The summed E-state index contributed by atoms with van der Waals surface area (Å²) in [5.74, 6) is 0. The summed E-state index contributed by atoms with van der Waals surface area (Å²) in [7, 11) is 3.25. The molecule has 0 aliphatic rings. The summed E-state index contributed by atoms with van der Waals surface area (Å²) in [4.78, 5) is 0. The van der Waals surface area contributed by atoms with Crippen molar-refractivity contribution in [3.63, 3.8) is 0 Å². The SMILES string of the molecule is CC.CCNc1cc(C)ccc1C=N.COC. The quantitative estimate of drug-likeness (QED) is 0.788. The van der Waals surface area contributed by atoms with E-state index in [1.807, 2.05) is 26.0 Å². The highest BCUT2D eigenvalue weighted by atomic mass is 16.4. The van der Waals surface area contributed by atoms with Crippen molar-refractivity contribution >= 4 is 11.9 Å². The van der Waals surface area contributed by atoms with E-state index in [9.17, 15) is 0 Å². The van der Waals surface area contributed by atoms with Crippen LogP contribution in [0.4, 0.5) is 5.69 Å². The van der Waals surface area contributed by atoms with Crippen LogP contribution < -0.4 is 5.32 Å². The minimum Gasteiger partial charge on any atom is -0.388 e. The number of hydrogen-bond acceptors (Lipinski definition) is 3. The molecule has 0 bridgehead atoms. The summed E-state index contributed by atoms with van der Waals surface area (Å²) in [5, 5.41) is 10.4. The summed E-state index contributed by atoms with van der Waals surface area (Å²) in [6.45, 7) is 8.99. The molecule has 98 valence electrons. The van der Waals surface area contributed by atoms with Gasteiger partial charge >= 0.3 is 0 Å². The number of nitrogens with one attached hydrogen (secondary N) is 2. The Morgan fingerprint density at radius 1 is 1.29 bits per heavy atom. The van der Waals surface area contributed by atoms with Gasteiger partial charge < -0.3 is 15.5 Å². The zero-order chi connectivity index (χ0) is 13.7. The van der Waals surface area contributed by atoms with E-state index >= 15 is 0 Å². The molecule has 1 aromatic carbocycles. The van der Waals surface area contributed by atoms with E-state index in [4.69, 9.17) is 5.41 Å². The van der Waals surface area contributed by atoms with E-state index in [1.54, 1.807) is 14.2 Å². The molecule has 0 atom stereocenters. The van der Waals surface area contributed by atoms with Crippen LogP contribution >= 0.6 is 0 Å². The minimum absolute atomic E-state index is 0.893. The molecule has 0 saturated heterocycles. The normalized spacial score (nSPS) is 8.12. The molecule has 2 N–H and O–H groups in total. The van der Waals surface area contributed by atoms with Crippen molar-refractivity contribution in [1.82, 2.24) is 0 Å². The van der Waals surface area contributed by atoms with Gasteiger partial charge in [-0.05, 0) is 25.5 Å². The maximum absolute atomic E-state index is 7.17. The maximum Gasteiger partial charge on any atom is 0.0431 e. The van der Waals surface area contributed by atoms with Gasteiger partial charge in [0.05, 0.1) is 0 Å². The van der Waals surface area contributed by atoms with Gasteiger partial charge in [0.15, 0.2) is 0 Å². The van der Waals surface area contributed by atoms with Crippen molar-refractivity contribution in [2.45, 2.75) is 27.7 Å². The number of hydrogen-bond donors (Lipinski definition) is 2. The Hall–Kier alpha value is -1.35. The molecule has 0 amide bonds. The fourth-order valence-corrected chi connectivity index (χ4v) is 1.14.